The third-order valence-corrected chi connectivity index (χ3v) is 4.98. The van der Waals surface area contributed by atoms with Gasteiger partial charge in [-0.05, 0) is 74.6 Å². The molecule has 1 fully saturated rings. The molecule has 1 saturated heterocycles. The first-order valence-electron chi connectivity index (χ1n) is 9.15. The highest BCUT2D eigenvalue weighted by molar-refractivity contribution is 6.05. The molecule has 4 heteroatoms. The highest BCUT2D eigenvalue weighted by atomic mass is 16.1. The van der Waals surface area contributed by atoms with Gasteiger partial charge in [0.25, 0.3) is 5.91 Å². The lowest BCUT2D eigenvalue weighted by molar-refractivity contribution is 0.102. The first kappa shape index (κ1) is 17.5. The van der Waals surface area contributed by atoms with E-state index >= 15 is 0 Å². The highest BCUT2D eigenvalue weighted by Gasteiger charge is 2.20. The second kappa shape index (κ2) is 8.17. The van der Waals surface area contributed by atoms with Crippen LogP contribution in [0.15, 0.2) is 48.5 Å². The molecule has 0 aromatic heterocycles. The number of likely N-dealkylation sites (tertiary alicyclic amines) is 1. The van der Waals surface area contributed by atoms with Gasteiger partial charge in [0.1, 0.15) is 0 Å². The molecule has 0 saturated carbocycles. The molecule has 0 aliphatic carbocycles. The Balaban J connectivity index is 1.61. The summed E-state index contributed by atoms with van der Waals surface area (Å²) in [6.45, 7) is 5.79. The van der Waals surface area contributed by atoms with Gasteiger partial charge < -0.3 is 16.0 Å². The van der Waals surface area contributed by atoms with Crippen molar-refractivity contribution >= 4 is 17.3 Å². The minimum Gasteiger partial charge on any atom is -0.397 e. The van der Waals surface area contributed by atoms with E-state index in [1.165, 1.54) is 44.5 Å². The number of para-hydroxylation sites is 2. The molecule has 4 nitrogen and oxygen atoms in total. The van der Waals surface area contributed by atoms with Crippen LogP contribution in [0, 0.1) is 0 Å². The summed E-state index contributed by atoms with van der Waals surface area (Å²) < 4.78 is 0. The molecule has 0 bridgehead atoms. The topological polar surface area (TPSA) is 58.4 Å². The van der Waals surface area contributed by atoms with Crippen LogP contribution in [0.2, 0.25) is 0 Å². The second-order valence-electron chi connectivity index (χ2n) is 6.78. The summed E-state index contributed by atoms with van der Waals surface area (Å²) in [6, 6.07) is 15.3. The van der Waals surface area contributed by atoms with E-state index in [-0.39, 0.29) is 5.91 Å². The summed E-state index contributed by atoms with van der Waals surface area (Å²) in [5.41, 5.74) is 9.11. The van der Waals surface area contributed by atoms with E-state index in [4.69, 9.17) is 5.73 Å². The number of rotatable bonds is 5. The maximum atomic E-state index is 12.4. The molecule has 1 amide bonds. The average molecular weight is 337 g/mol. The molecule has 2 aromatic carbocycles. The lowest BCUT2D eigenvalue weighted by atomic mass is 9.89. The standard InChI is InChI=1S/C21H27N3O/c1-2-13-24-14-11-17(12-15-24)16-7-9-18(10-8-16)21(25)23-20-6-4-3-5-19(20)22/h3-10,17H,2,11-15,22H2,1H3,(H,23,25). The first-order chi connectivity index (χ1) is 12.2. The average Bonchev–Trinajstić information content (AvgIpc) is 2.65. The molecule has 0 atom stereocenters. The molecule has 3 rings (SSSR count). The van der Waals surface area contributed by atoms with E-state index in [0.29, 0.717) is 22.9 Å². The molecule has 25 heavy (non-hydrogen) atoms. The number of hydrogen-bond donors (Lipinski definition) is 2. The fraction of sp³-hybridized carbons (Fsp3) is 0.381. The number of anilines is 2. The Morgan fingerprint density at radius 3 is 2.44 bits per heavy atom. The fourth-order valence-corrected chi connectivity index (χ4v) is 3.52. The van der Waals surface area contributed by atoms with E-state index in [0.717, 1.165) is 0 Å². The minimum absolute atomic E-state index is 0.123. The van der Waals surface area contributed by atoms with Gasteiger partial charge in [-0.2, -0.15) is 0 Å². The maximum Gasteiger partial charge on any atom is 0.255 e. The summed E-state index contributed by atoms with van der Waals surface area (Å²) >= 11 is 0. The first-order valence-corrected chi connectivity index (χ1v) is 9.15. The third kappa shape index (κ3) is 4.40. The summed E-state index contributed by atoms with van der Waals surface area (Å²) in [5, 5.41) is 2.87. The van der Waals surface area contributed by atoms with Crippen LogP contribution in [0.5, 0.6) is 0 Å². The fourth-order valence-electron chi connectivity index (χ4n) is 3.52. The zero-order valence-corrected chi connectivity index (χ0v) is 14.9. The molecule has 0 radical (unpaired) electrons. The number of carbonyl (C=O) groups is 1. The number of piperidine rings is 1. The van der Waals surface area contributed by atoms with E-state index in [2.05, 4.69) is 29.3 Å². The van der Waals surface area contributed by atoms with Crippen LogP contribution < -0.4 is 11.1 Å². The largest absolute Gasteiger partial charge is 0.397 e. The lowest BCUT2D eigenvalue weighted by Crippen LogP contribution is -2.33. The van der Waals surface area contributed by atoms with Crippen molar-refractivity contribution in [1.29, 1.82) is 0 Å². The quantitative estimate of drug-likeness (QED) is 0.807. The predicted octanol–water partition coefficient (Wildman–Crippen LogP) is 4.11. The van der Waals surface area contributed by atoms with E-state index in [9.17, 15) is 4.79 Å². The number of nitrogens with zero attached hydrogens (tertiary/aromatic N) is 1. The SMILES string of the molecule is CCCN1CCC(c2ccc(C(=O)Nc3ccccc3N)cc2)CC1. The van der Waals surface area contributed by atoms with E-state index in [1.54, 1.807) is 6.07 Å². The zero-order chi connectivity index (χ0) is 17.6. The van der Waals surface area contributed by atoms with Crippen molar-refractivity contribution < 1.29 is 4.79 Å². The Labute approximate surface area is 150 Å². The Bertz CT molecular complexity index is 703. The van der Waals surface area contributed by atoms with E-state index < -0.39 is 0 Å². The number of nitrogens with two attached hydrogens (primary N) is 1. The smallest absolute Gasteiger partial charge is 0.255 e. The third-order valence-electron chi connectivity index (χ3n) is 4.98. The number of hydrogen-bond acceptors (Lipinski definition) is 3. The van der Waals surface area contributed by atoms with Crippen molar-refractivity contribution in [3.8, 4) is 0 Å². The van der Waals surface area contributed by atoms with Crippen LogP contribution in [0.25, 0.3) is 0 Å². The molecule has 1 aliphatic rings. The van der Waals surface area contributed by atoms with Crippen molar-refractivity contribution in [2.75, 3.05) is 30.7 Å². The van der Waals surface area contributed by atoms with Gasteiger partial charge in [-0.25, -0.2) is 0 Å². The molecule has 1 aliphatic heterocycles. The Morgan fingerprint density at radius 2 is 1.80 bits per heavy atom. The van der Waals surface area contributed by atoms with Crippen LogP contribution in [0.1, 0.15) is 48.0 Å². The minimum atomic E-state index is -0.123. The number of nitrogen functional groups attached to an aromatic ring is 1. The molecule has 0 spiro atoms. The lowest BCUT2D eigenvalue weighted by Gasteiger charge is -2.32. The molecule has 132 valence electrons. The summed E-state index contributed by atoms with van der Waals surface area (Å²) in [6.07, 6.45) is 3.62. The van der Waals surface area contributed by atoms with Crippen LogP contribution in [-0.2, 0) is 0 Å². The molecular weight excluding hydrogens is 310 g/mol. The number of benzene rings is 2. The van der Waals surface area contributed by atoms with Gasteiger partial charge in [0.15, 0.2) is 0 Å². The summed E-state index contributed by atoms with van der Waals surface area (Å²) in [7, 11) is 0. The number of amides is 1. The maximum absolute atomic E-state index is 12.4. The van der Waals surface area contributed by atoms with Gasteiger partial charge in [0.2, 0.25) is 0 Å². The van der Waals surface area contributed by atoms with Crippen LogP contribution >= 0.6 is 0 Å². The van der Waals surface area contributed by atoms with Gasteiger partial charge in [-0.15, -0.1) is 0 Å². The molecule has 0 unspecified atom stereocenters. The molecule has 1 heterocycles. The summed E-state index contributed by atoms with van der Waals surface area (Å²) in [5.74, 6) is 0.484. The number of nitrogens with one attached hydrogen (secondary N) is 1. The zero-order valence-electron chi connectivity index (χ0n) is 14.9. The second-order valence-corrected chi connectivity index (χ2v) is 6.78. The van der Waals surface area contributed by atoms with Crippen molar-refractivity contribution in [1.82, 2.24) is 4.90 Å². The summed E-state index contributed by atoms with van der Waals surface area (Å²) in [4.78, 5) is 14.9. The monoisotopic (exact) mass is 337 g/mol. The van der Waals surface area contributed by atoms with Crippen molar-refractivity contribution in [3.05, 3.63) is 59.7 Å². The van der Waals surface area contributed by atoms with Gasteiger partial charge in [-0.1, -0.05) is 31.2 Å². The van der Waals surface area contributed by atoms with Crippen molar-refractivity contribution in [3.63, 3.8) is 0 Å². The van der Waals surface area contributed by atoms with Gasteiger partial charge >= 0.3 is 0 Å². The molecular formula is C21H27N3O. The Morgan fingerprint density at radius 1 is 1.12 bits per heavy atom. The molecule has 3 N–H and O–H groups in total. The van der Waals surface area contributed by atoms with Gasteiger partial charge in [-0.3, -0.25) is 4.79 Å². The normalized spacial score (nSPS) is 15.9. The van der Waals surface area contributed by atoms with Crippen molar-refractivity contribution in [2.45, 2.75) is 32.1 Å². The van der Waals surface area contributed by atoms with Crippen LogP contribution in [-0.4, -0.2) is 30.4 Å². The van der Waals surface area contributed by atoms with Crippen LogP contribution in [0.4, 0.5) is 11.4 Å². The van der Waals surface area contributed by atoms with Crippen molar-refractivity contribution in [2.24, 2.45) is 0 Å². The van der Waals surface area contributed by atoms with E-state index in [1.807, 2.05) is 30.3 Å². The van der Waals surface area contributed by atoms with Gasteiger partial charge in [0, 0.05) is 5.56 Å². The van der Waals surface area contributed by atoms with Gasteiger partial charge in [0.05, 0.1) is 11.4 Å². The van der Waals surface area contributed by atoms with Crippen LogP contribution in [0.3, 0.4) is 0 Å². The Hall–Kier alpha value is -2.33. The predicted molar refractivity (Wildman–Crippen MR) is 104 cm³/mol. The Kier molecular flexibility index (Phi) is 5.71. The highest BCUT2D eigenvalue weighted by Crippen LogP contribution is 2.28. The number of carbonyl (C=O) groups excluding carboxylic acids is 1. The molecule has 2 aromatic rings.